The molecule has 1 saturated heterocycles. The number of fused-ring (bicyclic) bond motifs is 1. The Labute approximate surface area is 296 Å². The molecule has 49 heavy (non-hydrogen) atoms. The Hall–Kier alpha value is -3.63. The predicted molar refractivity (Wildman–Crippen MR) is 195 cm³/mol. The third kappa shape index (κ3) is 9.97. The quantitative estimate of drug-likeness (QED) is 0.200. The fourth-order valence-corrected chi connectivity index (χ4v) is 6.60. The van der Waals surface area contributed by atoms with Crippen molar-refractivity contribution in [1.82, 2.24) is 15.5 Å². The van der Waals surface area contributed by atoms with Crippen LogP contribution < -0.4 is 25.0 Å². The molecule has 2 amide bonds. The lowest BCUT2D eigenvalue weighted by molar-refractivity contribution is -0.143. The van der Waals surface area contributed by atoms with Crippen LogP contribution >= 0.6 is 11.6 Å². The van der Waals surface area contributed by atoms with Crippen molar-refractivity contribution in [3.05, 3.63) is 88.4 Å². The van der Waals surface area contributed by atoms with E-state index < -0.39 is 12.2 Å². The van der Waals surface area contributed by atoms with Gasteiger partial charge in [0.25, 0.3) is 5.91 Å². The van der Waals surface area contributed by atoms with E-state index >= 15 is 0 Å². The molecule has 0 saturated carbocycles. The molecule has 3 aromatic carbocycles. The smallest absolute Gasteiger partial charge is 0.256 e. The number of piperazine rings is 1. The van der Waals surface area contributed by atoms with Gasteiger partial charge < -0.3 is 34.6 Å². The maximum absolute atomic E-state index is 14.4. The number of methoxy groups -OCH3 is 1. The van der Waals surface area contributed by atoms with Crippen LogP contribution in [0.5, 0.6) is 11.5 Å². The molecule has 1 fully saturated rings. The van der Waals surface area contributed by atoms with Crippen molar-refractivity contribution in [2.24, 2.45) is 5.41 Å². The highest BCUT2D eigenvalue weighted by Crippen LogP contribution is 2.45. The molecular weight excluding hydrogens is 640 g/mol. The van der Waals surface area contributed by atoms with Gasteiger partial charge in [-0.2, -0.15) is 0 Å². The number of carbonyl (C=O) groups excluding carboxylic acids is 2. The average Bonchev–Trinajstić information content (AvgIpc) is 3.19. The standard InChI is InChI=1S/C39H51ClN4O5/c1-39(2,3)27-44-32-17-16-29(40)25-31(32)36(49-34(38(44)46)26-35(45)43-22-20-42-21-23-43)30-14-8-15-33(37(30)47-4)48-24-10-19-41-18-9-13-28-11-6-5-7-12-28/h5-8,11-12,14-17,25,34,36,41-42H,9-10,13,18-24,26-27H2,1-4H3. The number of benzene rings is 3. The van der Waals surface area contributed by atoms with Crippen molar-refractivity contribution in [2.45, 2.75) is 58.7 Å². The molecule has 2 aliphatic heterocycles. The fraction of sp³-hybridized carbons (Fsp3) is 0.487. The molecule has 0 aromatic heterocycles. The maximum Gasteiger partial charge on any atom is 0.256 e. The first-order chi connectivity index (χ1) is 23.6. The first kappa shape index (κ1) is 36.6. The van der Waals surface area contributed by atoms with Gasteiger partial charge in [0, 0.05) is 54.6 Å². The molecule has 0 aliphatic carbocycles. The van der Waals surface area contributed by atoms with Gasteiger partial charge in [0.1, 0.15) is 12.2 Å². The highest BCUT2D eigenvalue weighted by molar-refractivity contribution is 6.30. The molecule has 2 heterocycles. The molecule has 2 unspecified atom stereocenters. The molecule has 2 atom stereocenters. The highest BCUT2D eigenvalue weighted by Gasteiger charge is 2.40. The zero-order chi connectivity index (χ0) is 34.8. The van der Waals surface area contributed by atoms with Gasteiger partial charge in [-0.05, 0) is 67.6 Å². The summed E-state index contributed by atoms with van der Waals surface area (Å²) in [6.45, 7) is 11.6. The first-order valence-corrected chi connectivity index (χ1v) is 17.8. The van der Waals surface area contributed by atoms with E-state index in [0.29, 0.717) is 54.0 Å². The molecule has 2 aliphatic rings. The molecule has 0 bridgehead atoms. The third-order valence-corrected chi connectivity index (χ3v) is 9.02. The number of hydrogen-bond acceptors (Lipinski definition) is 7. The monoisotopic (exact) mass is 690 g/mol. The molecule has 264 valence electrons. The van der Waals surface area contributed by atoms with Crippen LogP contribution in [0.25, 0.3) is 0 Å². The number of aryl methyl sites for hydroxylation is 1. The van der Waals surface area contributed by atoms with E-state index in [0.717, 1.165) is 51.0 Å². The van der Waals surface area contributed by atoms with Gasteiger partial charge >= 0.3 is 0 Å². The van der Waals surface area contributed by atoms with Crippen LogP contribution in [0.15, 0.2) is 66.7 Å². The lowest BCUT2D eigenvalue weighted by Gasteiger charge is -2.32. The lowest BCUT2D eigenvalue weighted by Crippen LogP contribution is -2.49. The number of rotatable bonds is 14. The molecule has 0 radical (unpaired) electrons. The van der Waals surface area contributed by atoms with Gasteiger partial charge in [0.2, 0.25) is 5.91 Å². The van der Waals surface area contributed by atoms with E-state index in [2.05, 4.69) is 55.7 Å². The lowest BCUT2D eigenvalue weighted by atomic mass is 9.94. The minimum Gasteiger partial charge on any atom is -0.492 e. The Bertz CT molecular complexity index is 1540. The number of nitrogens with zero attached hydrogens (tertiary/aromatic N) is 2. The second-order valence-corrected chi connectivity index (χ2v) is 14.4. The van der Waals surface area contributed by atoms with E-state index in [4.69, 9.17) is 25.8 Å². The third-order valence-electron chi connectivity index (χ3n) is 8.78. The van der Waals surface area contributed by atoms with Crippen molar-refractivity contribution in [1.29, 1.82) is 0 Å². The van der Waals surface area contributed by atoms with Crippen LogP contribution in [0.3, 0.4) is 0 Å². The second kappa shape index (κ2) is 17.3. The van der Waals surface area contributed by atoms with Crippen molar-refractivity contribution in [3.8, 4) is 11.5 Å². The Morgan fingerprint density at radius 1 is 1.00 bits per heavy atom. The largest absolute Gasteiger partial charge is 0.492 e. The van der Waals surface area contributed by atoms with Crippen LogP contribution in [0, 0.1) is 5.41 Å². The van der Waals surface area contributed by atoms with E-state index in [9.17, 15) is 9.59 Å². The number of hydrogen-bond donors (Lipinski definition) is 2. The van der Waals surface area contributed by atoms with Crippen LogP contribution in [0.4, 0.5) is 5.69 Å². The van der Waals surface area contributed by atoms with Crippen molar-refractivity contribution in [3.63, 3.8) is 0 Å². The topological polar surface area (TPSA) is 92.4 Å². The molecule has 3 aromatic rings. The fourth-order valence-electron chi connectivity index (χ4n) is 6.42. The minimum atomic E-state index is -1.01. The van der Waals surface area contributed by atoms with E-state index in [-0.39, 0.29) is 23.7 Å². The molecule has 9 nitrogen and oxygen atoms in total. The predicted octanol–water partition coefficient (Wildman–Crippen LogP) is 6.03. The van der Waals surface area contributed by atoms with Gasteiger partial charge in [-0.25, -0.2) is 0 Å². The first-order valence-electron chi connectivity index (χ1n) is 17.4. The van der Waals surface area contributed by atoms with E-state index in [1.165, 1.54) is 5.56 Å². The summed E-state index contributed by atoms with van der Waals surface area (Å²) in [6, 6.07) is 21.7. The zero-order valence-electron chi connectivity index (χ0n) is 29.3. The summed E-state index contributed by atoms with van der Waals surface area (Å²) in [6.07, 6.45) is 1.14. The SMILES string of the molecule is COc1c(OCCCNCCCc2ccccc2)cccc1C1OC(CC(=O)N2CCNCC2)C(=O)N(CC(C)(C)C)c2ccc(Cl)cc21. The Morgan fingerprint density at radius 2 is 1.76 bits per heavy atom. The maximum atomic E-state index is 14.4. The number of halogens is 1. The number of ether oxygens (including phenoxy) is 3. The number of anilines is 1. The Morgan fingerprint density at radius 3 is 2.49 bits per heavy atom. The highest BCUT2D eigenvalue weighted by atomic mass is 35.5. The van der Waals surface area contributed by atoms with Gasteiger partial charge in [-0.15, -0.1) is 0 Å². The van der Waals surface area contributed by atoms with Crippen molar-refractivity contribution >= 4 is 29.1 Å². The number of carbonyl (C=O) groups is 2. The van der Waals surface area contributed by atoms with E-state index in [1.807, 2.05) is 36.4 Å². The van der Waals surface area contributed by atoms with Gasteiger partial charge in [-0.3, -0.25) is 9.59 Å². The number of amides is 2. The Balaban J connectivity index is 1.35. The normalized spacial score (nSPS) is 18.2. The zero-order valence-corrected chi connectivity index (χ0v) is 30.1. The van der Waals surface area contributed by atoms with Crippen molar-refractivity contribution in [2.75, 3.05) is 64.4 Å². The molecule has 2 N–H and O–H groups in total. The molecule has 5 rings (SSSR count). The summed E-state index contributed by atoms with van der Waals surface area (Å²) < 4.78 is 19.0. The van der Waals surface area contributed by atoms with Gasteiger partial charge in [0.05, 0.1) is 20.1 Å². The summed E-state index contributed by atoms with van der Waals surface area (Å²) in [4.78, 5) is 31.5. The summed E-state index contributed by atoms with van der Waals surface area (Å²) in [7, 11) is 1.61. The number of para-hydroxylation sites is 1. The van der Waals surface area contributed by atoms with Gasteiger partial charge in [0.15, 0.2) is 11.5 Å². The summed E-state index contributed by atoms with van der Waals surface area (Å²) >= 11 is 6.60. The van der Waals surface area contributed by atoms with Gasteiger partial charge in [-0.1, -0.05) is 74.8 Å². The van der Waals surface area contributed by atoms with Crippen LogP contribution in [-0.4, -0.2) is 82.3 Å². The molecule has 0 spiro atoms. The minimum absolute atomic E-state index is 0.0610. The molecular formula is C39H51ClN4O5. The van der Waals surface area contributed by atoms with Crippen LogP contribution in [-0.2, 0) is 20.7 Å². The second-order valence-electron chi connectivity index (χ2n) is 13.9. The number of nitrogens with one attached hydrogen (secondary N) is 2. The van der Waals surface area contributed by atoms with E-state index in [1.54, 1.807) is 23.0 Å². The summed E-state index contributed by atoms with van der Waals surface area (Å²) in [5, 5.41) is 7.31. The van der Waals surface area contributed by atoms with Crippen molar-refractivity contribution < 1.29 is 23.8 Å². The average molecular weight is 691 g/mol. The van der Waals surface area contributed by atoms with Crippen LogP contribution in [0.2, 0.25) is 5.02 Å². The summed E-state index contributed by atoms with van der Waals surface area (Å²) in [5.41, 5.74) is 3.27. The molecule has 10 heteroatoms. The summed E-state index contributed by atoms with van der Waals surface area (Å²) in [5.74, 6) is 0.771. The Kier molecular flexibility index (Phi) is 13.0. The van der Waals surface area contributed by atoms with Crippen LogP contribution in [0.1, 0.15) is 62.8 Å².